The fourth-order valence-electron chi connectivity index (χ4n) is 1.83. The zero-order valence-corrected chi connectivity index (χ0v) is 11.9. The summed E-state index contributed by atoms with van der Waals surface area (Å²) in [5.41, 5.74) is -0.0288. The van der Waals surface area contributed by atoms with Gasteiger partial charge in [-0.25, -0.2) is 9.37 Å². The summed E-state index contributed by atoms with van der Waals surface area (Å²) in [4.78, 5) is 15.8. The van der Waals surface area contributed by atoms with Gasteiger partial charge in [0.2, 0.25) is 0 Å². The van der Waals surface area contributed by atoms with Gasteiger partial charge in [0.15, 0.2) is 11.6 Å². The van der Waals surface area contributed by atoms with E-state index in [2.05, 4.69) is 25.8 Å². The van der Waals surface area contributed by atoms with E-state index in [-0.39, 0.29) is 11.4 Å². The highest BCUT2D eigenvalue weighted by Crippen LogP contribution is 2.14. The van der Waals surface area contributed by atoms with E-state index < -0.39 is 11.7 Å². The highest BCUT2D eigenvalue weighted by atomic mass is 19.1. The number of nitrogens with zero attached hydrogens (tertiary/aromatic N) is 4. The number of aryl methyl sites for hydroxylation is 1. The summed E-state index contributed by atoms with van der Waals surface area (Å²) in [7, 11) is 1.82. The lowest BCUT2D eigenvalue weighted by Crippen LogP contribution is -2.27. The van der Waals surface area contributed by atoms with Crippen LogP contribution in [-0.2, 0) is 13.5 Å². The van der Waals surface area contributed by atoms with Crippen LogP contribution in [-0.4, -0.2) is 38.7 Å². The highest BCUT2D eigenvalue weighted by Gasteiger charge is 2.15. The fraction of sp³-hybridized carbons (Fsp3) is 0.385. The average molecular weight is 292 g/mol. The Balaban J connectivity index is 1.97. The molecule has 7 nitrogen and oxygen atoms in total. The van der Waals surface area contributed by atoms with Crippen molar-refractivity contribution >= 4 is 11.7 Å². The second-order valence-corrected chi connectivity index (χ2v) is 4.42. The number of rotatable bonds is 6. The van der Waals surface area contributed by atoms with Gasteiger partial charge in [-0.3, -0.25) is 4.79 Å². The summed E-state index contributed by atoms with van der Waals surface area (Å²) in [6.07, 6.45) is 3.51. The van der Waals surface area contributed by atoms with Crippen LogP contribution in [0.15, 0.2) is 18.6 Å². The molecule has 0 bridgehead atoms. The molecule has 0 spiro atoms. The van der Waals surface area contributed by atoms with Gasteiger partial charge in [0, 0.05) is 32.8 Å². The summed E-state index contributed by atoms with van der Waals surface area (Å²) in [5.74, 6) is -0.288. The highest BCUT2D eigenvalue weighted by molar-refractivity contribution is 5.95. The predicted molar refractivity (Wildman–Crippen MR) is 75.4 cm³/mol. The second kappa shape index (κ2) is 6.78. The zero-order chi connectivity index (χ0) is 15.2. The Labute approximate surface area is 121 Å². The molecule has 1 amide bonds. The lowest BCUT2D eigenvalue weighted by molar-refractivity contribution is 0.0950. The number of carbonyl (C=O) groups excluding carboxylic acids is 1. The first-order valence-electron chi connectivity index (χ1n) is 6.63. The molecule has 8 heteroatoms. The van der Waals surface area contributed by atoms with Crippen LogP contribution in [0.2, 0.25) is 0 Å². The Morgan fingerprint density at radius 2 is 2.29 bits per heavy atom. The second-order valence-electron chi connectivity index (χ2n) is 4.42. The van der Waals surface area contributed by atoms with Crippen LogP contribution in [0.4, 0.5) is 10.2 Å². The van der Waals surface area contributed by atoms with Gasteiger partial charge in [-0.15, -0.1) is 10.2 Å². The van der Waals surface area contributed by atoms with Crippen molar-refractivity contribution in [2.24, 2.45) is 7.05 Å². The van der Waals surface area contributed by atoms with E-state index in [9.17, 15) is 9.18 Å². The molecule has 0 saturated heterocycles. The monoisotopic (exact) mass is 292 g/mol. The van der Waals surface area contributed by atoms with Gasteiger partial charge >= 0.3 is 0 Å². The first-order valence-corrected chi connectivity index (χ1v) is 6.63. The Bertz CT molecular complexity index is 627. The van der Waals surface area contributed by atoms with Crippen LogP contribution < -0.4 is 10.6 Å². The molecule has 0 atom stereocenters. The molecule has 112 valence electrons. The van der Waals surface area contributed by atoms with Crippen LogP contribution in [0.25, 0.3) is 0 Å². The van der Waals surface area contributed by atoms with Crippen LogP contribution >= 0.6 is 0 Å². The maximum atomic E-state index is 14.1. The van der Waals surface area contributed by atoms with E-state index in [4.69, 9.17) is 0 Å². The van der Waals surface area contributed by atoms with Crippen molar-refractivity contribution in [1.82, 2.24) is 25.1 Å². The van der Waals surface area contributed by atoms with Crippen molar-refractivity contribution in [3.63, 3.8) is 0 Å². The van der Waals surface area contributed by atoms with Crippen LogP contribution in [0, 0.1) is 5.82 Å². The summed E-state index contributed by atoms with van der Waals surface area (Å²) < 4.78 is 15.8. The smallest absolute Gasteiger partial charge is 0.254 e. The molecule has 0 saturated carbocycles. The molecule has 2 N–H and O–H groups in total. The summed E-state index contributed by atoms with van der Waals surface area (Å²) >= 11 is 0. The number of aromatic nitrogens is 4. The third-order valence-electron chi connectivity index (χ3n) is 2.92. The number of hydrogen-bond donors (Lipinski definition) is 2. The van der Waals surface area contributed by atoms with E-state index >= 15 is 0 Å². The lowest BCUT2D eigenvalue weighted by Gasteiger charge is -2.09. The fourth-order valence-corrected chi connectivity index (χ4v) is 1.83. The predicted octanol–water partition coefficient (Wildman–Crippen LogP) is 0.753. The molecule has 2 aromatic rings. The van der Waals surface area contributed by atoms with Gasteiger partial charge in [-0.05, 0) is 13.0 Å². The molecule has 0 aromatic carbocycles. The molecule has 21 heavy (non-hydrogen) atoms. The topological polar surface area (TPSA) is 84.7 Å². The minimum absolute atomic E-state index is 0.0288. The maximum Gasteiger partial charge on any atom is 0.254 e. The maximum absolute atomic E-state index is 14.1. The van der Waals surface area contributed by atoms with Gasteiger partial charge < -0.3 is 15.2 Å². The van der Waals surface area contributed by atoms with Crippen molar-refractivity contribution in [1.29, 1.82) is 0 Å². The SMILES string of the molecule is CCNc1nccc(C(=O)NCCc2nncn2C)c1F. The number of halogens is 1. The van der Waals surface area contributed by atoms with E-state index in [1.807, 2.05) is 14.0 Å². The lowest BCUT2D eigenvalue weighted by atomic mass is 10.2. The largest absolute Gasteiger partial charge is 0.368 e. The van der Waals surface area contributed by atoms with Gasteiger partial charge in [0.1, 0.15) is 12.2 Å². The number of anilines is 1. The Morgan fingerprint density at radius 1 is 1.48 bits per heavy atom. The standard InChI is InChI=1S/C13H17FN6O/c1-3-15-12-11(14)9(4-6-16-12)13(21)17-7-5-10-19-18-8-20(10)2/h4,6,8H,3,5,7H2,1-2H3,(H,15,16)(H,17,21). The van der Waals surface area contributed by atoms with Crippen molar-refractivity contribution in [3.05, 3.63) is 35.8 Å². The first kappa shape index (κ1) is 14.9. The summed E-state index contributed by atoms with van der Waals surface area (Å²) in [5, 5.41) is 13.1. The molecule has 0 aliphatic rings. The van der Waals surface area contributed by atoms with Crippen molar-refractivity contribution < 1.29 is 9.18 Å². The normalized spacial score (nSPS) is 10.4. The molecule has 0 unspecified atom stereocenters. The Morgan fingerprint density at radius 3 is 2.95 bits per heavy atom. The Hall–Kier alpha value is -2.51. The average Bonchev–Trinajstić information content (AvgIpc) is 2.87. The van der Waals surface area contributed by atoms with Crippen LogP contribution in [0.3, 0.4) is 0 Å². The number of amides is 1. The third kappa shape index (κ3) is 3.53. The molecule has 0 fully saturated rings. The van der Waals surface area contributed by atoms with Crippen molar-refractivity contribution in [2.45, 2.75) is 13.3 Å². The van der Waals surface area contributed by atoms with Crippen molar-refractivity contribution in [3.8, 4) is 0 Å². The molecule has 2 heterocycles. The number of nitrogens with one attached hydrogen (secondary N) is 2. The molecule has 2 aromatic heterocycles. The van der Waals surface area contributed by atoms with E-state index in [1.165, 1.54) is 12.3 Å². The molecular formula is C13H17FN6O. The van der Waals surface area contributed by atoms with Crippen molar-refractivity contribution in [2.75, 3.05) is 18.4 Å². The van der Waals surface area contributed by atoms with Crippen LogP contribution in [0.1, 0.15) is 23.1 Å². The summed E-state index contributed by atoms with van der Waals surface area (Å²) in [6, 6.07) is 1.35. The Kier molecular flexibility index (Phi) is 4.81. The molecule has 2 rings (SSSR count). The summed E-state index contributed by atoms with van der Waals surface area (Å²) in [6.45, 7) is 2.71. The van der Waals surface area contributed by atoms with E-state index in [1.54, 1.807) is 10.9 Å². The number of carbonyl (C=O) groups is 1. The van der Waals surface area contributed by atoms with Gasteiger partial charge in [-0.1, -0.05) is 0 Å². The first-order chi connectivity index (χ1) is 10.1. The minimum atomic E-state index is -0.643. The van der Waals surface area contributed by atoms with E-state index in [0.717, 1.165) is 5.82 Å². The molecular weight excluding hydrogens is 275 g/mol. The number of pyridine rings is 1. The quantitative estimate of drug-likeness (QED) is 0.821. The third-order valence-corrected chi connectivity index (χ3v) is 2.92. The van der Waals surface area contributed by atoms with Gasteiger partial charge in [0.05, 0.1) is 5.56 Å². The minimum Gasteiger partial charge on any atom is -0.368 e. The molecule has 0 radical (unpaired) electrons. The van der Waals surface area contributed by atoms with E-state index in [0.29, 0.717) is 19.5 Å². The molecule has 0 aliphatic carbocycles. The van der Waals surface area contributed by atoms with Crippen LogP contribution in [0.5, 0.6) is 0 Å². The zero-order valence-electron chi connectivity index (χ0n) is 11.9. The van der Waals surface area contributed by atoms with Gasteiger partial charge in [-0.2, -0.15) is 0 Å². The molecule has 0 aliphatic heterocycles. The van der Waals surface area contributed by atoms with Gasteiger partial charge in [0.25, 0.3) is 5.91 Å². The number of hydrogen-bond acceptors (Lipinski definition) is 5.